The third-order valence-electron chi connectivity index (χ3n) is 1.34. The van der Waals surface area contributed by atoms with E-state index in [1.807, 2.05) is 0 Å². The van der Waals surface area contributed by atoms with Gasteiger partial charge >= 0.3 is 25.8 Å². The fourth-order valence-electron chi connectivity index (χ4n) is 0.794. The Morgan fingerprint density at radius 2 is 2.00 bits per heavy atom. The average molecular weight is 266 g/mol. The van der Waals surface area contributed by atoms with Crippen molar-refractivity contribution in [3.63, 3.8) is 0 Å². The minimum absolute atomic E-state index is 0. The number of hydrogen-bond donors (Lipinski definition) is 0. The molecule has 1 aliphatic rings. The van der Waals surface area contributed by atoms with Gasteiger partial charge in [-0.3, -0.25) is 0 Å². The fourth-order valence-corrected chi connectivity index (χ4v) is 0.794. The van der Waals surface area contributed by atoms with E-state index in [0.717, 1.165) is 13.2 Å². The zero-order valence-electron chi connectivity index (χ0n) is 5.87. The van der Waals surface area contributed by atoms with E-state index in [9.17, 15) is 0 Å². The first-order chi connectivity index (χ1) is 3.83. The second kappa shape index (κ2) is 6.23. The van der Waals surface area contributed by atoms with Gasteiger partial charge in [-0.1, -0.05) is 0 Å². The van der Waals surface area contributed by atoms with Crippen LogP contribution in [-0.2, 0) is 0 Å². The van der Waals surface area contributed by atoms with Gasteiger partial charge in [0.1, 0.15) is 0 Å². The predicted molar refractivity (Wildman–Crippen MR) is 51.3 cm³/mol. The molecule has 10 heavy (non-hydrogen) atoms. The van der Waals surface area contributed by atoms with Crippen molar-refractivity contribution in [2.75, 3.05) is 20.3 Å². The first-order valence-corrected chi connectivity index (χ1v) is 2.95. The quantitative estimate of drug-likeness (QED) is 0.655. The molecule has 0 fully saturated rings. The second-order valence-corrected chi connectivity index (χ2v) is 2.10. The molecule has 0 unspecified atom stereocenters. The molecule has 0 radical (unpaired) electrons. The van der Waals surface area contributed by atoms with Crippen LogP contribution in [0, 0.1) is 0 Å². The predicted octanol–water partition coefficient (Wildman–Crippen LogP) is -0.0797. The third-order valence-corrected chi connectivity index (χ3v) is 1.34. The van der Waals surface area contributed by atoms with E-state index >= 15 is 0 Å². The van der Waals surface area contributed by atoms with Gasteiger partial charge in [0.05, 0.1) is 6.67 Å². The van der Waals surface area contributed by atoms with Gasteiger partial charge in [0.25, 0.3) is 0 Å². The summed E-state index contributed by atoms with van der Waals surface area (Å²) in [5.41, 5.74) is 0. The molecule has 0 spiro atoms. The Labute approximate surface area is 87.4 Å². The molecule has 1 aliphatic heterocycles. The van der Waals surface area contributed by atoms with Crippen molar-refractivity contribution >= 4 is 38.3 Å². The molecule has 2 nitrogen and oxygen atoms in total. The van der Waals surface area contributed by atoms with Gasteiger partial charge in [-0.15, -0.1) is 12.4 Å². The number of hydrogen-bond acceptors (Lipinski definition) is 2. The van der Waals surface area contributed by atoms with Gasteiger partial charge in [0.15, 0.2) is 0 Å². The molecule has 0 N–H and O–H groups in total. The van der Waals surface area contributed by atoms with Crippen LogP contribution < -0.4 is 0 Å². The van der Waals surface area contributed by atoms with Gasteiger partial charge in [-0.2, -0.15) is 0 Å². The topological polar surface area (TPSA) is 6.48 Å². The van der Waals surface area contributed by atoms with Crippen molar-refractivity contribution in [1.29, 1.82) is 0 Å². The van der Waals surface area contributed by atoms with Crippen LogP contribution in [0.4, 0.5) is 0 Å². The monoisotopic (exact) mass is 266 g/mol. The maximum atomic E-state index is 2.25. The van der Waals surface area contributed by atoms with E-state index < -0.39 is 0 Å². The van der Waals surface area contributed by atoms with Crippen molar-refractivity contribution in [2.24, 2.45) is 0 Å². The van der Waals surface area contributed by atoms with E-state index in [-0.39, 0.29) is 38.3 Å². The van der Waals surface area contributed by atoms with E-state index in [1.165, 1.54) is 0 Å². The van der Waals surface area contributed by atoms with Crippen LogP contribution in [0.2, 0.25) is 0 Å². The van der Waals surface area contributed by atoms with Crippen LogP contribution in [0.5, 0.6) is 0 Å². The second-order valence-electron chi connectivity index (χ2n) is 2.10. The summed E-state index contributed by atoms with van der Waals surface area (Å²) in [6.45, 7) is 4.32. The summed E-state index contributed by atoms with van der Waals surface area (Å²) in [5, 5.41) is 0. The Balaban J connectivity index is 0. The van der Waals surface area contributed by atoms with Crippen LogP contribution in [0.15, 0.2) is 12.4 Å². The molecule has 4 heteroatoms. The van der Waals surface area contributed by atoms with Crippen LogP contribution in [0.3, 0.4) is 0 Å². The molecule has 0 aliphatic carbocycles. The Kier molecular flexibility index (Phi) is 8.17. The van der Waals surface area contributed by atoms with Gasteiger partial charge in [-0.05, 0) is 6.92 Å². The van der Waals surface area contributed by atoms with Crippen molar-refractivity contribution in [3.8, 4) is 0 Å². The maximum absolute atomic E-state index is 2.25. The van der Waals surface area contributed by atoms with Crippen molar-refractivity contribution in [1.82, 2.24) is 9.80 Å². The SMILES string of the molecule is CCN1C=CN(C)C1.Cl.[InH3]. The molecule has 1 heterocycles. The molecule has 60 valence electrons. The van der Waals surface area contributed by atoms with Crippen molar-refractivity contribution < 1.29 is 0 Å². The Morgan fingerprint density at radius 1 is 1.40 bits per heavy atom. The normalized spacial score (nSPS) is 14.6. The van der Waals surface area contributed by atoms with Crippen LogP contribution >= 0.6 is 12.4 Å². The van der Waals surface area contributed by atoms with Gasteiger partial charge < -0.3 is 9.80 Å². The molecule has 0 aromatic heterocycles. The number of nitrogens with zero attached hydrogens (tertiary/aromatic N) is 2. The molecule has 0 aromatic carbocycles. The van der Waals surface area contributed by atoms with Gasteiger partial charge in [0.2, 0.25) is 0 Å². The molecule has 0 bridgehead atoms. The van der Waals surface area contributed by atoms with Crippen LogP contribution in [0.1, 0.15) is 6.92 Å². The summed E-state index contributed by atoms with van der Waals surface area (Å²) in [4.78, 5) is 4.41. The molecule has 0 saturated carbocycles. The Hall–Kier alpha value is 0.500. The summed E-state index contributed by atoms with van der Waals surface area (Å²) in [5.74, 6) is 0. The van der Waals surface area contributed by atoms with E-state index in [0.29, 0.717) is 0 Å². The Bertz CT molecular complexity index is 108. The first-order valence-electron chi connectivity index (χ1n) is 2.95. The zero-order valence-corrected chi connectivity index (χ0v) is 6.69. The van der Waals surface area contributed by atoms with Gasteiger partial charge in [-0.25, -0.2) is 0 Å². The number of rotatable bonds is 1. The molecule has 0 atom stereocenters. The molecule has 0 aromatic rings. The average Bonchev–Trinajstić information content (AvgIpc) is 2.14. The Morgan fingerprint density at radius 3 is 2.20 bits per heavy atom. The molecule has 1 rings (SSSR count). The summed E-state index contributed by atoms with van der Waals surface area (Å²) < 4.78 is 0. The van der Waals surface area contributed by atoms with E-state index in [1.54, 1.807) is 0 Å². The third kappa shape index (κ3) is 3.62. The summed E-state index contributed by atoms with van der Waals surface area (Å²) >= 11 is 0. The fraction of sp³-hybridized carbons (Fsp3) is 0.667. The summed E-state index contributed by atoms with van der Waals surface area (Å²) in [7, 11) is 2.08. The van der Waals surface area contributed by atoms with Gasteiger partial charge in [0, 0.05) is 26.0 Å². The van der Waals surface area contributed by atoms with Crippen molar-refractivity contribution in [3.05, 3.63) is 12.4 Å². The first kappa shape index (κ1) is 13.1. The van der Waals surface area contributed by atoms with E-state index in [4.69, 9.17) is 0 Å². The van der Waals surface area contributed by atoms with Crippen LogP contribution in [-0.4, -0.2) is 55.9 Å². The van der Waals surface area contributed by atoms with E-state index in [2.05, 4.69) is 36.2 Å². The molecule has 0 amide bonds. The standard InChI is InChI=1S/C6H12N2.ClH.In.3H/c1-3-8-5-4-7(2)6-8;;;;;/h4-5H,3,6H2,1-2H3;1H;;;;. The summed E-state index contributed by atoms with van der Waals surface area (Å²) in [6.07, 6.45) is 4.20. The zero-order chi connectivity index (χ0) is 5.98. The molecular weight excluding hydrogens is 250 g/mol. The molecule has 0 saturated heterocycles. The summed E-state index contributed by atoms with van der Waals surface area (Å²) in [6, 6.07) is 0. The minimum atomic E-state index is 0. The van der Waals surface area contributed by atoms with Crippen LogP contribution in [0.25, 0.3) is 0 Å². The van der Waals surface area contributed by atoms with Crippen molar-refractivity contribution in [2.45, 2.75) is 6.92 Å². The molecular formula is C6H16ClInN2. The number of halogens is 1.